The number of aliphatic hydroxyl groups is 1. The molecule has 2 aliphatic rings. The molecule has 0 atom stereocenters. The van der Waals surface area contributed by atoms with Crippen molar-refractivity contribution in [2.45, 2.75) is 70.2 Å². The van der Waals surface area contributed by atoms with Crippen LogP contribution in [0.15, 0.2) is 24.3 Å². The Morgan fingerprint density at radius 3 is 2.36 bits per heavy atom. The standard InChI is InChI=1S/C20H31N3O2/c1-15-3-2-4-16(13-15)14-23-11-9-18(10-12-23)22-20(25)21-17-5-7-19(24)8-6-17/h2-4,13,17-19,24H,5-12,14H2,1H3,(H2,21,22,25). The van der Waals surface area contributed by atoms with Crippen molar-refractivity contribution >= 4 is 6.03 Å². The van der Waals surface area contributed by atoms with Gasteiger partial charge in [0.15, 0.2) is 0 Å². The van der Waals surface area contributed by atoms with E-state index in [0.717, 1.165) is 58.2 Å². The molecule has 3 rings (SSSR count). The summed E-state index contributed by atoms with van der Waals surface area (Å²) in [5.74, 6) is 0. The van der Waals surface area contributed by atoms with Gasteiger partial charge in [-0.2, -0.15) is 0 Å². The fourth-order valence-corrected chi connectivity index (χ4v) is 3.94. The third-order valence-corrected chi connectivity index (χ3v) is 5.44. The van der Waals surface area contributed by atoms with Crippen LogP contribution in [0.3, 0.4) is 0 Å². The van der Waals surface area contributed by atoms with Gasteiger partial charge < -0.3 is 15.7 Å². The molecule has 1 saturated heterocycles. The largest absolute Gasteiger partial charge is 0.393 e. The molecule has 0 spiro atoms. The van der Waals surface area contributed by atoms with Crippen molar-refractivity contribution in [3.05, 3.63) is 35.4 Å². The molecule has 5 heteroatoms. The summed E-state index contributed by atoms with van der Waals surface area (Å²) in [4.78, 5) is 14.6. The van der Waals surface area contributed by atoms with E-state index in [-0.39, 0.29) is 24.2 Å². The number of aliphatic hydroxyl groups excluding tert-OH is 1. The summed E-state index contributed by atoms with van der Waals surface area (Å²) in [5.41, 5.74) is 2.67. The predicted octanol–water partition coefficient (Wildman–Crippen LogP) is 2.56. The van der Waals surface area contributed by atoms with Gasteiger partial charge in [-0.1, -0.05) is 29.8 Å². The number of urea groups is 1. The first-order chi connectivity index (χ1) is 12.1. The van der Waals surface area contributed by atoms with Crippen molar-refractivity contribution in [2.24, 2.45) is 0 Å². The molecule has 25 heavy (non-hydrogen) atoms. The van der Waals surface area contributed by atoms with Crippen LogP contribution in [0.25, 0.3) is 0 Å². The second kappa shape index (κ2) is 8.68. The molecule has 3 N–H and O–H groups in total. The SMILES string of the molecule is Cc1cccc(CN2CCC(NC(=O)NC3CCC(O)CC3)CC2)c1. The molecule has 0 aromatic heterocycles. The summed E-state index contributed by atoms with van der Waals surface area (Å²) in [5, 5.41) is 15.7. The lowest BCUT2D eigenvalue weighted by Gasteiger charge is -2.33. The Kier molecular flexibility index (Phi) is 6.32. The Balaban J connectivity index is 1.36. The lowest BCUT2D eigenvalue weighted by Crippen LogP contribution is -2.50. The summed E-state index contributed by atoms with van der Waals surface area (Å²) in [6.45, 7) is 5.17. The Morgan fingerprint density at radius 1 is 1.08 bits per heavy atom. The molecule has 1 aromatic carbocycles. The second-order valence-corrected chi connectivity index (χ2v) is 7.66. The van der Waals surface area contributed by atoms with E-state index < -0.39 is 0 Å². The van der Waals surface area contributed by atoms with Gasteiger partial charge in [0.2, 0.25) is 0 Å². The molecule has 2 fully saturated rings. The Hall–Kier alpha value is -1.59. The molecule has 1 aromatic rings. The highest BCUT2D eigenvalue weighted by molar-refractivity contribution is 5.74. The van der Waals surface area contributed by atoms with Crippen molar-refractivity contribution in [2.75, 3.05) is 13.1 Å². The average Bonchev–Trinajstić information content (AvgIpc) is 2.59. The van der Waals surface area contributed by atoms with E-state index in [4.69, 9.17) is 0 Å². The molecule has 0 bridgehead atoms. The quantitative estimate of drug-likeness (QED) is 0.786. The van der Waals surface area contributed by atoms with Crippen LogP contribution in [0.4, 0.5) is 4.79 Å². The van der Waals surface area contributed by atoms with Crippen LogP contribution >= 0.6 is 0 Å². The number of carbonyl (C=O) groups excluding carboxylic acids is 1. The van der Waals surface area contributed by atoms with Gasteiger partial charge in [0.1, 0.15) is 0 Å². The number of likely N-dealkylation sites (tertiary alicyclic amines) is 1. The number of rotatable bonds is 4. The summed E-state index contributed by atoms with van der Waals surface area (Å²) in [7, 11) is 0. The van der Waals surface area contributed by atoms with Gasteiger partial charge in [-0.05, 0) is 51.0 Å². The van der Waals surface area contributed by atoms with Gasteiger partial charge in [0.25, 0.3) is 0 Å². The van der Waals surface area contributed by atoms with E-state index >= 15 is 0 Å². The van der Waals surface area contributed by atoms with Crippen LogP contribution in [0, 0.1) is 6.92 Å². The highest BCUT2D eigenvalue weighted by Gasteiger charge is 2.24. The van der Waals surface area contributed by atoms with Crippen molar-refractivity contribution in [3.8, 4) is 0 Å². The van der Waals surface area contributed by atoms with E-state index in [0.29, 0.717) is 0 Å². The van der Waals surface area contributed by atoms with Crippen molar-refractivity contribution < 1.29 is 9.90 Å². The Bertz CT molecular complexity index is 562. The van der Waals surface area contributed by atoms with Gasteiger partial charge in [-0.25, -0.2) is 4.79 Å². The maximum atomic E-state index is 12.2. The zero-order valence-electron chi connectivity index (χ0n) is 15.2. The molecule has 0 unspecified atom stereocenters. The molecule has 2 amide bonds. The van der Waals surface area contributed by atoms with E-state index in [2.05, 4.69) is 46.7 Å². The topological polar surface area (TPSA) is 64.6 Å². The maximum absolute atomic E-state index is 12.2. The summed E-state index contributed by atoms with van der Waals surface area (Å²) in [6.07, 6.45) is 5.17. The van der Waals surface area contributed by atoms with E-state index in [9.17, 15) is 9.90 Å². The number of hydrogen-bond acceptors (Lipinski definition) is 3. The highest BCUT2D eigenvalue weighted by Crippen LogP contribution is 2.18. The highest BCUT2D eigenvalue weighted by atomic mass is 16.3. The Morgan fingerprint density at radius 2 is 1.72 bits per heavy atom. The van der Waals surface area contributed by atoms with Gasteiger partial charge >= 0.3 is 6.03 Å². The summed E-state index contributed by atoms with van der Waals surface area (Å²) >= 11 is 0. The first kappa shape index (κ1) is 18.2. The summed E-state index contributed by atoms with van der Waals surface area (Å²) in [6, 6.07) is 9.12. The van der Waals surface area contributed by atoms with E-state index in [1.165, 1.54) is 11.1 Å². The molecule has 138 valence electrons. The zero-order valence-corrected chi connectivity index (χ0v) is 15.2. The molecule has 1 aliphatic carbocycles. The molecule has 5 nitrogen and oxygen atoms in total. The van der Waals surface area contributed by atoms with Crippen molar-refractivity contribution in [1.82, 2.24) is 15.5 Å². The molecule has 1 saturated carbocycles. The van der Waals surface area contributed by atoms with Crippen LogP contribution in [-0.4, -0.2) is 47.3 Å². The number of piperidine rings is 1. The lowest BCUT2D eigenvalue weighted by atomic mass is 9.93. The number of amides is 2. The van der Waals surface area contributed by atoms with Gasteiger partial charge in [0.05, 0.1) is 6.10 Å². The molecule has 0 radical (unpaired) electrons. The average molecular weight is 345 g/mol. The number of nitrogens with zero attached hydrogens (tertiary/aromatic N) is 1. The van der Waals surface area contributed by atoms with E-state index in [1.54, 1.807) is 0 Å². The minimum atomic E-state index is -0.182. The molecular weight excluding hydrogens is 314 g/mol. The number of aryl methyl sites for hydroxylation is 1. The van der Waals surface area contributed by atoms with Crippen LogP contribution in [0.1, 0.15) is 49.7 Å². The summed E-state index contributed by atoms with van der Waals surface area (Å²) < 4.78 is 0. The minimum Gasteiger partial charge on any atom is -0.393 e. The zero-order chi connectivity index (χ0) is 17.6. The fourth-order valence-electron chi connectivity index (χ4n) is 3.94. The molecule has 1 aliphatic heterocycles. The van der Waals surface area contributed by atoms with Crippen molar-refractivity contribution in [3.63, 3.8) is 0 Å². The molecule has 1 heterocycles. The molecular formula is C20H31N3O2. The van der Waals surface area contributed by atoms with Crippen LogP contribution in [0.2, 0.25) is 0 Å². The fraction of sp³-hybridized carbons (Fsp3) is 0.650. The first-order valence-electron chi connectivity index (χ1n) is 9.61. The van der Waals surface area contributed by atoms with Crippen LogP contribution in [-0.2, 0) is 6.54 Å². The Labute approximate surface area is 150 Å². The third kappa shape index (κ3) is 5.72. The first-order valence-corrected chi connectivity index (χ1v) is 9.61. The number of benzene rings is 1. The number of hydrogen-bond donors (Lipinski definition) is 3. The normalized spacial score (nSPS) is 25.5. The van der Waals surface area contributed by atoms with Gasteiger partial charge in [-0.15, -0.1) is 0 Å². The predicted molar refractivity (Wildman–Crippen MR) is 99.4 cm³/mol. The minimum absolute atomic E-state index is 0.0430. The van der Waals surface area contributed by atoms with Crippen LogP contribution in [0.5, 0.6) is 0 Å². The van der Waals surface area contributed by atoms with Crippen molar-refractivity contribution in [1.29, 1.82) is 0 Å². The smallest absolute Gasteiger partial charge is 0.315 e. The third-order valence-electron chi connectivity index (χ3n) is 5.44. The lowest BCUT2D eigenvalue weighted by molar-refractivity contribution is 0.117. The number of nitrogens with one attached hydrogen (secondary N) is 2. The number of carbonyl (C=O) groups is 1. The van der Waals surface area contributed by atoms with Crippen LogP contribution < -0.4 is 10.6 Å². The monoisotopic (exact) mass is 345 g/mol. The van der Waals surface area contributed by atoms with Gasteiger partial charge in [-0.3, -0.25) is 4.90 Å². The second-order valence-electron chi connectivity index (χ2n) is 7.66. The van der Waals surface area contributed by atoms with Gasteiger partial charge in [0, 0.05) is 31.7 Å². The van der Waals surface area contributed by atoms with E-state index in [1.807, 2.05) is 0 Å². The maximum Gasteiger partial charge on any atom is 0.315 e.